The first-order chi connectivity index (χ1) is 12.0. The van der Waals surface area contributed by atoms with Gasteiger partial charge in [-0.15, -0.1) is 11.8 Å². The minimum Gasteiger partial charge on any atom is -0.479 e. The fourth-order valence-electron chi connectivity index (χ4n) is 2.70. The predicted molar refractivity (Wildman–Crippen MR) is 88.7 cm³/mol. The molecule has 1 atom stereocenters. The van der Waals surface area contributed by atoms with Crippen molar-refractivity contribution in [3.63, 3.8) is 0 Å². The van der Waals surface area contributed by atoms with Crippen molar-refractivity contribution in [2.45, 2.75) is 24.0 Å². The number of nitrogens with zero attached hydrogens (tertiary/aromatic N) is 3. The number of carbonyl (C=O) groups excluding carboxylic acids is 1. The first-order valence-corrected chi connectivity index (χ1v) is 8.46. The summed E-state index contributed by atoms with van der Waals surface area (Å²) in [5, 5.41) is 18.4. The third-order valence-corrected chi connectivity index (χ3v) is 4.88. The Kier molecular flexibility index (Phi) is 4.75. The number of aryl methyl sites for hydroxylation is 1. The van der Waals surface area contributed by atoms with Gasteiger partial charge in [0, 0.05) is 17.2 Å². The molecule has 9 heteroatoms. The van der Waals surface area contributed by atoms with Crippen LogP contribution in [0.3, 0.4) is 0 Å². The van der Waals surface area contributed by atoms with Gasteiger partial charge in [0.05, 0.1) is 18.6 Å². The Hall–Kier alpha value is -2.81. The molecule has 3 rings (SSSR count). The summed E-state index contributed by atoms with van der Waals surface area (Å²) in [6.45, 7) is 0.351. The Balaban J connectivity index is 1.77. The fourth-order valence-corrected chi connectivity index (χ4v) is 3.57. The van der Waals surface area contributed by atoms with Crippen LogP contribution in [-0.4, -0.2) is 54.3 Å². The maximum Gasteiger partial charge on any atom is 0.408 e. The molecule has 0 aliphatic carbocycles. The average Bonchev–Trinajstić information content (AvgIpc) is 2.99. The van der Waals surface area contributed by atoms with Gasteiger partial charge < -0.3 is 14.8 Å². The molecule has 1 aromatic heterocycles. The lowest BCUT2D eigenvalue weighted by Crippen LogP contribution is -2.52. The lowest BCUT2D eigenvalue weighted by Gasteiger charge is -2.29. The highest BCUT2D eigenvalue weighted by Crippen LogP contribution is 2.24. The van der Waals surface area contributed by atoms with Gasteiger partial charge >= 0.3 is 12.1 Å². The minimum absolute atomic E-state index is 0.0367. The molecule has 0 saturated carbocycles. The summed E-state index contributed by atoms with van der Waals surface area (Å²) in [6, 6.07) is 8.05. The van der Waals surface area contributed by atoms with Gasteiger partial charge in [0.2, 0.25) is 5.78 Å². The molecule has 2 N–H and O–H groups in total. The van der Waals surface area contributed by atoms with Crippen molar-refractivity contribution in [1.82, 2.24) is 14.5 Å². The van der Waals surface area contributed by atoms with Crippen LogP contribution in [0, 0.1) is 0 Å². The van der Waals surface area contributed by atoms with E-state index in [1.165, 1.54) is 6.33 Å². The number of aliphatic carboxylic acids is 1. The van der Waals surface area contributed by atoms with E-state index in [9.17, 15) is 19.5 Å². The molecule has 1 aromatic carbocycles. The van der Waals surface area contributed by atoms with Gasteiger partial charge in [-0.2, -0.15) is 0 Å². The van der Waals surface area contributed by atoms with Crippen LogP contribution in [0.5, 0.6) is 0 Å². The molecule has 0 saturated heterocycles. The van der Waals surface area contributed by atoms with Crippen LogP contribution in [0.2, 0.25) is 0 Å². The Labute approximate surface area is 147 Å². The first kappa shape index (κ1) is 17.0. The number of hydrogen-bond acceptors (Lipinski definition) is 5. The van der Waals surface area contributed by atoms with Gasteiger partial charge in [0.1, 0.15) is 5.69 Å². The van der Waals surface area contributed by atoms with E-state index in [0.717, 1.165) is 4.90 Å². The maximum absolute atomic E-state index is 12.3. The number of imidazole rings is 1. The van der Waals surface area contributed by atoms with Gasteiger partial charge in [0.25, 0.3) is 0 Å². The highest BCUT2D eigenvalue weighted by Gasteiger charge is 2.43. The van der Waals surface area contributed by atoms with Gasteiger partial charge in [-0.1, -0.05) is 18.2 Å². The van der Waals surface area contributed by atoms with Crippen molar-refractivity contribution in [1.29, 1.82) is 0 Å². The van der Waals surface area contributed by atoms with Crippen LogP contribution in [-0.2, 0) is 17.9 Å². The molecule has 2 aromatic rings. The molecular weight excluding hydrogens is 346 g/mol. The van der Waals surface area contributed by atoms with Crippen molar-refractivity contribution < 1.29 is 24.6 Å². The van der Waals surface area contributed by atoms with E-state index >= 15 is 0 Å². The summed E-state index contributed by atoms with van der Waals surface area (Å²) in [5.41, 5.74) is 0.466. The molecule has 130 valence electrons. The second-order valence-corrected chi connectivity index (χ2v) is 6.58. The third kappa shape index (κ3) is 3.36. The fraction of sp³-hybridized carbons (Fsp3) is 0.250. The lowest BCUT2D eigenvalue weighted by molar-refractivity contribution is -0.141. The molecule has 0 fully saturated rings. The summed E-state index contributed by atoms with van der Waals surface area (Å²) in [7, 11) is 0. The molecule has 8 nitrogen and oxygen atoms in total. The molecule has 1 aliphatic heterocycles. The smallest absolute Gasteiger partial charge is 0.408 e. The van der Waals surface area contributed by atoms with Crippen molar-refractivity contribution in [2.24, 2.45) is 0 Å². The average molecular weight is 361 g/mol. The van der Waals surface area contributed by atoms with E-state index in [4.69, 9.17) is 5.11 Å². The van der Waals surface area contributed by atoms with Crippen LogP contribution in [0.1, 0.15) is 16.2 Å². The summed E-state index contributed by atoms with van der Waals surface area (Å²) < 4.78 is 1.71. The molecule has 1 unspecified atom stereocenters. The highest BCUT2D eigenvalue weighted by molar-refractivity contribution is 7.99. The van der Waals surface area contributed by atoms with Gasteiger partial charge in [0.15, 0.2) is 6.04 Å². The summed E-state index contributed by atoms with van der Waals surface area (Å²) in [6.07, 6.45) is 0.0103. The largest absolute Gasteiger partial charge is 0.479 e. The quantitative estimate of drug-likeness (QED) is 0.617. The topological polar surface area (TPSA) is 113 Å². The number of ketones is 1. The number of benzene rings is 1. The molecule has 1 aliphatic rings. The van der Waals surface area contributed by atoms with E-state index in [1.807, 2.05) is 30.3 Å². The van der Waals surface area contributed by atoms with Crippen molar-refractivity contribution in [3.8, 4) is 0 Å². The normalized spacial score (nSPS) is 16.6. The van der Waals surface area contributed by atoms with Crippen LogP contribution in [0.4, 0.5) is 4.79 Å². The summed E-state index contributed by atoms with van der Waals surface area (Å²) in [5.74, 6) is -1.59. The maximum atomic E-state index is 12.3. The molecule has 25 heavy (non-hydrogen) atoms. The van der Waals surface area contributed by atoms with E-state index in [-0.39, 0.29) is 12.2 Å². The molecule has 0 spiro atoms. The van der Waals surface area contributed by atoms with Crippen molar-refractivity contribution in [3.05, 3.63) is 48.0 Å². The second-order valence-electron chi connectivity index (χ2n) is 5.41. The number of rotatable bonds is 5. The van der Waals surface area contributed by atoms with E-state index in [2.05, 4.69) is 4.98 Å². The van der Waals surface area contributed by atoms with Gasteiger partial charge in [-0.05, 0) is 12.1 Å². The van der Waals surface area contributed by atoms with Crippen LogP contribution < -0.4 is 0 Å². The van der Waals surface area contributed by atoms with Gasteiger partial charge in [-0.3, -0.25) is 9.69 Å². The Morgan fingerprint density at radius 1 is 1.24 bits per heavy atom. The number of carboxylic acid groups (broad SMARTS) is 2. The molecule has 1 amide bonds. The number of amides is 1. The minimum atomic E-state index is -1.74. The van der Waals surface area contributed by atoms with E-state index < -0.39 is 23.9 Å². The SMILES string of the molecule is O=C(O)C1C(=O)c2ncn(CCSc3ccccc3)c2CN1C(=O)O. The zero-order valence-corrected chi connectivity index (χ0v) is 13.8. The highest BCUT2D eigenvalue weighted by atomic mass is 32.2. The van der Waals surface area contributed by atoms with E-state index in [1.54, 1.807) is 16.3 Å². The zero-order chi connectivity index (χ0) is 18.0. The Bertz CT molecular complexity index is 820. The predicted octanol–water partition coefficient (Wildman–Crippen LogP) is 1.80. The Morgan fingerprint density at radius 2 is 1.96 bits per heavy atom. The number of aromatic nitrogens is 2. The monoisotopic (exact) mass is 361 g/mol. The summed E-state index contributed by atoms with van der Waals surface area (Å²) >= 11 is 1.63. The van der Waals surface area contributed by atoms with Crippen molar-refractivity contribution >= 4 is 29.6 Å². The number of carbonyl (C=O) groups is 3. The zero-order valence-electron chi connectivity index (χ0n) is 13.0. The third-order valence-electron chi connectivity index (χ3n) is 3.88. The number of carboxylic acids is 1. The lowest BCUT2D eigenvalue weighted by atomic mass is 10.0. The molecule has 0 radical (unpaired) electrons. The van der Waals surface area contributed by atoms with Crippen molar-refractivity contribution in [2.75, 3.05) is 5.75 Å². The van der Waals surface area contributed by atoms with E-state index in [0.29, 0.717) is 22.9 Å². The second kappa shape index (κ2) is 6.98. The number of hydrogen-bond donors (Lipinski definition) is 2. The van der Waals surface area contributed by atoms with Crippen LogP contribution in [0.15, 0.2) is 41.6 Å². The van der Waals surface area contributed by atoms with Crippen LogP contribution in [0.25, 0.3) is 0 Å². The number of fused-ring (bicyclic) bond motifs is 1. The summed E-state index contributed by atoms with van der Waals surface area (Å²) in [4.78, 5) is 40.7. The van der Waals surface area contributed by atoms with Gasteiger partial charge in [-0.25, -0.2) is 14.6 Å². The number of thioether (sulfide) groups is 1. The molecule has 2 heterocycles. The molecule has 0 bridgehead atoms. The standard InChI is InChI=1S/C16H15N3O5S/c20-14-12-11(8-19(16(23)24)13(14)15(21)22)18(9-17-12)6-7-25-10-4-2-1-3-5-10/h1-5,9,13H,6-8H2,(H,21,22)(H,23,24). The Morgan fingerprint density at radius 3 is 2.60 bits per heavy atom. The molecular formula is C16H15N3O5S. The number of Topliss-reactive ketones (excluding diaryl/α,β-unsaturated/α-hetero) is 1. The van der Waals surface area contributed by atoms with Crippen LogP contribution >= 0.6 is 11.8 Å². The first-order valence-electron chi connectivity index (χ1n) is 7.47.